The minimum Gasteiger partial charge on any atom is -0.454 e. The van der Waals surface area contributed by atoms with Gasteiger partial charge in [-0.15, -0.1) is 0 Å². The lowest BCUT2D eigenvalue weighted by Gasteiger charge is -2.41. The van der Waals surface area contributed by atoms with Gasteiger partial charge < -0.3 is 45.1 Å². The van der Waals surface area contributed by atoms with Gasteiger partial charge in [-0.25, -0.2) is 0 Å². The quantitative estimate of drug-likeness (QED) is 0.0195. The Kier molecular flexibility index (Phi) is 52.5. The number of carbonyl (C=O) groups excluding carboxylic acids is 2. The molecule has 11 nitrogen and oxygen atoms in total. The van der Waals surface area contributed by atoms with Gasteiger partial charge in [0.25, 0.3) is 0 Å². The molecule has 1 aliphatic heterocycles. The molecule has 0 saturated carbocycles. The van der Waals surface area contributed by atoms with Crippen molar-refractivity contribution in [2.75, 3.05) is 13.2 Å². The number of aliphatic hydroxyl groups is 5. The van der Waals surface area contributed by atoms with Crippen molar-refractivity contribution in [1.29, 1.82) is 0 Å². The van der Waals surface area contributed by atoms with Crippen molar-refractivity contribution in [3.8, 4) is 0 Å². The van der Waals surface area contributed by atoms with E-state index in [1.54, 1.807) is 6.08 Å². The Balaban J connectivity index is 2.62. The monoisotopic (exact) mass is 1100 g/mol. The molecule has 78 heavy (non-hydrogen) atoms. The summed E-state index contributed by atoms with van der Waals surface area (Å²) in [7, 11) is 0. The zero-order valence-electron chi connectivity index (χ0n) is 50.8. The molecule has 0 aliphatic carbocycles. The minimum absolute atomic E-state index is 0.117. The molecule has 8 atom stereocenters. The zero-order valence-corrected chi connectivity index (χ0v) is 50.8. The number of unbranched alkanes of at least 4 members (excludes halogenated alkanes) is 39. The average molecular weight is 1100 g/mol. The number of hydrogen-bond acceptors (Lipinski definition) is 10. The Bertz CT molecular complexity index is 1410. The highest BCUT2D eigenvalue weighted by Gasteiger charge is 2.47. The minimum atomic E-state index is -1.61. The van der Waals surface area contributed by atoms with Gasteiger partial charge in [0, 0.05) is 6.42 Å². The fourth-order valence-corrected chi connectivity index (χ4v) is 10.6. The Hall–Kier alpha value is -2.12. The van der Waals surface area contributed by atoms with Gasteiger partial charge in [0.15, 0.2) is 12.4 Å². The van der Waals surface area contributed by atoms with Crippen LogP contribution < -0.4 is 5.32 Å². The topological polar surface area (TPSA) is 175 Å². The van der Waals surface area contributed by atoms with E-state index in [1.165, 1.54) is 186 Å². The van der Waals surface area contributed by atoms with E-state index >= 15 is 0 Å². The van der Waals surface area contributed by atoms with Crippen LogP contribution in [0.4, 0.5) is 0 Å². The summed E-state index contributed by atoms with van der Waals surface area (Å²) in [4.78, 5) is 26.6. The molecule has 1 aliphatic rings. The summed E-state index contributed by atoms with van der Waals surface area (Å²) >= 11 is 0. The number of ether oxygens (including phenoxy) is 3. The van der Waals surface area contributed by atoms with E-state index in [9.17, 15) is 35.1 Å². The van der Waals surface area contributed by atoms with Crippen molar-refractivity contribution in [1.82, 2.24) is 5.32 Å². The molecule has 0 aromatic rings. The molecule has 1 rings (SSSR count). The third-order valence-electron chi connectivity index (χ3n) is 15.8. The number of hydrogen-bond donors (Lipinski definition) is 6. The number of aliphatic hydroxyl groups excluding tert-OH is 5. The van der Waals surface area contributed by atoms with Gasteiger partial charge in [-0.1, -0.05) is 295 Å². The summed E-state index contributed by atoms with van der Waals surface area (Å²) < 4.78 is 17.6. The summed E-state index contributed by atoms with van der Waals surface area (Å²) in [5.74, 6) is -1.19. The van der Waals surface area contributed by atoms with Crippen molar-refractivity contribution >= 4 is 11.9 Å². The number of rotatable bonds is 57. The first kappa shape index (κ1) is 73.9. The maximum atomic E-state index is 13.5. The number of carbonyl (C=O) groups is 2. The van der Waals surface area contributed by atoms with Crippen LogP contribution in [0.3, 0.4) is 0 Å². The molecule has 0 spiro atoms. The third kappa shape index (κ3) is 42.7. The first-order valence-corrected chi connectivity index (χ1v) is 33.3. The van der Waals surface area contributed by atoms with Gasteiger partial charge in [0.05, 0.1) is 25.4 Å². The third-order valence-corrected chi connectivity index (χ3v) is 15.8. The van der Waals surface area contributed by atoms with Gasteiger partial charge >= 0.3 is 5.97 Å². The first-order chi connectivity index (χ1) is 38.2. The van der Waals surface area contributed by atoms with Crippen LogP contribution in [0.2, 0.25) is 0 Å². The second kappa shape index (κ2) is 55.4. The maximum Gasteiger partial charge on any atom is 0.306 e. The van der Waals surface area contributed by atoms with Crippen LogP contribution in [0, 0.1) is 0 Å². The molecule has 8 unspecified atom stereocenters. The molecule has 6 N–H and O–H groups in total. The molecule has 1 amide bonds. The molecule has 0 aromatic carbocycles. The van der Waals surface area contributed by atoms with E-state index < -0.39 is 67.4 Å². The Morgan fingerprint density at radius 3 is 1.37 bits per heavy atom. The van der Waals surface area contributed by atoms with Crippen LogP contribution in [0.1, 0.15) is 316 Å². The molecule has 11 heteroatoms. The summed E-state index contributed by atoms with van der Waals surface area (Å²) in [5.41, 5.74) is 0. The van der Waals surface area contributed by atoms with Gasteiger partial charge in [-0.2, -0.15) is 0 Å². The fourth-order valence-electron chi connectivity index (χ4n) is 10.6. The lowest BCUT2D eigenvalue weighted by Crippen LogP contribution is -2.61. The zero-order chi connectivity index (χ0) is 56.8. The molecule has 1 fully saturated rings. The molecular formula is C67H125NO10. The van der Waals surface area contributed by atoms with E-state index in [0.29, 0.717) is 19.3 Å². The highest BCUT2D eigenvalue weighted by atomic mass is 16.7. The van der Waals surface area contributed by atoms with Crippen LogP contribution in [0.5, 0.6) is 0 Å². The highest BCUT2D eigenvalue weighted by molar-refractivity contribution is 5.80. The largest absolute Gasteiger partial charge is 0.454 e. The molecule has 0 aromatic heterocycles. The number of allylic oxidation sites excluding steroid dienone is 5. The number of nitrogens with one attached hydrogen (secondary N) is 1. The molecular weight excluding hydrogens is 979 g/mol. The maximum absolute atomic E-state index is 13.5. The number of esters is 1. The normalized spacial score (nSPS) is 19.1. The lowest BCUT2D eigenvalue weighted by molar-refractivity contribution is -0.305. The number of amides is 1. The van der Waals surface area contributed by atoms with Crippen LogP contribution in [-0.2, 0) is 23.8 Å². The standard InChI is InChI=1S/C67H125NO10/c1-4-7-10-13-16-19-22-25-27-28-29-30-31-32-33-34-36-39-42-45-48-51-54-60(71)66(75)68-58(59(70)53-50-47-44-41-38-35-24-21-18-15-12-9-6-3)57-76-67-65(64(74)63(73)61(56-69)77-67)78-62(72)55-52-49-46-43-40-37-26-23-20-17-14-11-8-5-2/h8,11,17,20,50,53,58-61,63-65,67,69-71,73-74H,4-7,9-10,12-16,18-19,21-49,51-52,54-57H2,1-3H3,(H,68,75)/b11-8+,20-17+,53-50+. The van der Waals surface area contributed by atoms with E-state index in [0.717, 1.165) is 83.5 Å². The Morgan fingerprint density at radius 2 is 0.923 bits per heavy atom. The second-order valence-corrected chi connectivity index (χ2v) is 23.2. The van der Waals surface area contributed by atoms with Crippen LogP contribution in [0.15, 0.2) is 36.5 Å². The summed E-state index contributed by atoms with van der Waals surface area (Å²) in [6, 6.07) is -1.02. The fraction of sp³-hybridized carbons (Fsp3) is 0.881. The molecule has 0 bridgehead atoms. The Morgan fingerprint density at radius 1 is 0.513 bits per heavy atom. The average Bonchev–Trinajstić information content (AvgIpc) is 3.46. The summed E-state index contributed by atoms with van der Waals surface area (Å²) in [6.45, 7) is 5.72. The first-order valence-electron chi connectivity index (χ1n) is 33.3. The molecule has 0 radical (unpaired) electrons. The molecule has 1 saturated heterocycles. The van der Waals surface area contributed by atoms with Crippen molar-refractivity contribution in [2.24, 2.45) is 0 Å². The molecule has 458 valence electrons. The van der Waals surface area contributed by atoms with Crippen LogP contribution in [0.25, 0.3) is 0 Å². The van der Waals surface area contributed by atoms with E-state index in [-0.39, 0.29) is 13.0 Å². The van der Waals surface area contributed by atoms with Crippen molar-refractivity contribution in [3.63, 3.8) is 0 Å². The van der Waals surface area contributed by atoms with Crippen molar-refractivity contribution in [2.45, 2.75) is 365 Å². The van der Waals surface area contributed by atoms with E-state index in [4.69, 9.17) is 14.2 Å². The SMILES string of the molecule is CC/C=C/C/C=C/CCCCCCCCCC(=O)OC1C(OCC(NC(=O)C(O)CCCCCCCCCCCCCCCCCCCCCCCC)C(O)/C=C/CCCCCCCCCCCCC)OC(CO)C(O)C1O. The van der Waals surface area contributed by atoms with Gasteiger partial charge in [-0.05, 0) is 51.4 Å². The van der Waals surface area contributed by atoms with Crippen LogP contribution in [-0.4, -0.2) is 99.6 Å². The van der Waals surface area contributed by atoms with E-state index in [2.05, 4.69) is 50.4 Å². The van der Waals surface area contributed by atoms with Crippen LogP contribution >= 0.6 is 0 Å². The van der Waals surface area contributed by atoms with Gasteiger partial charge in [-0.3, -0.25) is 9.59 Å². The van der Waals surface area contributed by atoms with E-state index in [1.807, 2.05) is 6.08 Å². The lowest BCUT2D eigenvalue weighted by atomic mass is 9.99. The summed E-state index contributed by atoms with van der Waals surface area (Å²) in [6.07, 6.45) is 56.2. The van der Waals surface area contributed by atoms with Crippen molar-refractivity contribution in [3.05, 3.63) is 36.5 Å². The highest BCUT2D eigenvalue weighted by Crippen LogP contribution is 2.26. The smallest absolute Gasteiger partial charge is 0.306 e. The predicted octanol–water partition coefficient (Wildman–Crippen LogP) is 16.2. The van der Waals surface area contributed by atoms with Gasteiger partial charge in [0.1, 0.15) is 24.4 Å². The molecule has 1 heterocycles. The predicted molar refractivity (Wildman–Crippen MR) is 324 cm³/mol. The van der Waals surface area contributed by atoms with Crippen molar-refractivity contribution < 1.29 is 49.3 Å². The Labute approximate surface area is 479 Å². The summed E-state index contributed by atoms with van der Waals surface area (Å²) in [5, 5.41) is 57.1. The second-order valence-electron chi connectivity index (χ2n) is 23.2. The van der Waals surface area contributed by atoms with Gasteiger partial charge in [0.2, 0.25) is 5.91 Å².